The van der Waals surface area contributed by atoms with E-state index < -0.39 is 24.5 Å². The second-order valence-corrected chi connectivity index (χ2v) is 4.38. The number of rotatable bonds is 4. The van der Waals surface area contributed by atoms with Crippen LogP contribution in [0.2, 0.25) is 0 Å². The lowest BCUT2D eigenvalue weighted by Gasteiger charge is -2.11. The minimum atomic E-state index is -2.80. The first-order valence-electron chi connectivity index (χ1n) is 4.19. The summed E-state index contributed by atoms with van der Waals surface area (Å²) in [5.41, 5.74) is -0.0715. The number of nitrogens with zero attached hydrogens (tertiary/aromatic N) is 1. The zero-order valence-corrected chi connectivity index (χ0v) is 10.8. The summed E-state index contributed by atoms with van der Waals surface area (Å²) in [7, 11) is 0. The Morgan fingerprint density at radius 3 is 2.62 bits per heavy atom. The van der Waals surface area contributed by atoms with Gasteiger partial charge in [-0.25, -0.2) is 8.78 Å². The van der Waals surface area contributed by atoms with Crippen molar-refractivity contribution in [3.05, 3.63) is 26.6 Å². The van der Waals surface area contributed by atoms with Crippen LogP contribution in [0, 0.1) is 3.57 Å². The molecule has 0 aromatic carbocycles. The third kappa shape index (κ3) is 3.00. The van der Waals surface area contributed by atoms with Gasteiger partial charge in [-0.1, -0.05) is 0 Å². The van der Waals surface area contributed by atoms with Gasteiger partial charge in [-0.2, -0.15) is 0 Å². The maximum Gasteiger partial charge on any atom is 0.307 e. The Balaban J connectivity index is 3.34. The normalized spacial score (nSPS) is 10.8. The van der Waals surface area contributed by atoms with Crippen LogP contribution in [0.5, 0.6) is 0 Å². The molecule has 1 N–H and O–H groups in total. The second-order valence-electron chi connectivity index (χ2n) is 2.95. The van der Waals surface area contributed by atoms with E-state index in [1.54, 1.807) is 0 Å². The van der Waals surface area contributed by atoms with Crippen LogP contribution in [0.1, 0.15) is 23.2 Å². The first-order chi connectivity index (χ1) is 7.47. The quantitative estimate of drug-likeness (QED) is 0.662. The molecule has 0 unspecified atom stereocenters. The van der Waals surface area contributed by atoms with Crippen molar-refractivity contribution in [2.75, 3.05) is 0 Å². The minimum Gasteiger partial charge on any atom is -0.481 e. The van der Waals surface area contributed by atoms with E-state index in [2.05, 4.69) is 4.98 Å². The number of hydrogen-bond acceptors (Lipinski definition) is 2. The van der Waals surface area contributed by atoms with Crippen molar-refractivity contribution in [2.45, 2.75) is 18.7 Å². The topological polar surface area (TPSA) is 50.2 Å². The first kappa shape index (κ1) is 13.6. The zero-order valence-electron chi connectivity index (χ0n) is 7.88. The van der Waals surface area contributed by atoms with E-state index in [1.807, 2.05) is 22.6 Å². The van der Waals surface area contributed by atoms with E-state index in [4.69, 9.17) is 16.7 Å². The van der Waals surface area contributed by atoms with Crippen LogP contribution in [0.3, 0.4) is 0 Å². The molecule has 0 radical (unpaired) electrons. The molecule has 0 aliphatic heterocycles. The number of hydrogen-bond donors (Lipinski definition) is 1. The number of carboxylic acid groups (broad SMARTS) is 1. The maximum absolute atomic E-state index is 12.6. The van der Waals surface area contributed by atoms with Gasteiger partial charge in [-0.3, -0.25) is 9.78 Å². The highest BCUT2D eigenvalue weighted by Gasteiger charge is 2.21. The van der Waals surface area contributed by atoms with Gasteiger partial charge < -0.3 is 5.11 Å². The van der Waals surface area contributed by atoms with Gasteiger partial charge in [0.05, 0.1) is 6.42 Å². The predicted octanol–water partition coefficient (Wildman–Crippen LogP) is 2.99. The highest BCUT2D eigenvalue weighted by molar-refractivity contribution is 14.1. The predicted molar refractivity (Wildman–Crippen MR) is 62.8 cm³/mol. The summed E-state index contributed by atoms with van der Waals surface area (Å²) in [5, 5.41) is 8.67. The highest BCUT2D eigenvalue weighted by Crippen LogP contribution is 2.27. The van der Waals surface area contributed by atoms with Gasteiger partial charge in [-0.05, 0) is 33.7 Å². The summed E-state index contributed by atoms with van der Waals surface area (Å²) in [5.74, 6) is -1.19. The molecular weight excluding hydrogens is 354 g/mol. The molecule has 88 valence electrons. The molecule has 0 fully saturated rings. The number of pyridine rings is 1. The summed E-state index contributed by atoms with van der Waals surface area (Å²) >= 11 is 7.52. The van der Waals surface area contributed by atoms with Crippen molar-refractivity contribution in [3.8, 4) is 0 Å². The molecular formula is C9H7ClF2INO2. The molecule has 0 saturated carbocycles. The second kappa shape index (κ2) is 5.72. The smallest absolute Gasteiger partial charge is 0.307 e. The van der Waals surface area contributed by atoms with Crippen LogP contribution in [-0.4, -0.2) is 16.1 Å². The number of aliphatic carboxylic acids is 1. The van der Waals surface area contributed by atoms with Crippen molar-refractivity contribution in [1.29, 1.82) is 0 Å². The molecule has 0 aliphatic rings. The number of alkyl halides is 3. The summed E-state index contributed by atoms with van der Waals surface area (Å²) in [6, 6.07) is 0. The van der Waals surface area contributed by atoms with E-state index in [9.17, 15) is 13.6 Å². The molecule has 1 aromatic heterocycles. The Morgan fingerprint density at radius 2 is 2.19 bits per heavy atom. The summed E-state index contributed by atoms with van der Waals surface area (Å²) in [6.07, 6.45) is -2.02. The monoisotopic (exact) mass is 361 g/mol. The summed E-state index contributed by atoms with van der Waals surface area (Å²) < 4.78 is 25.8. The van der Waals surface area contributed by atoms with Gasteiger partial charge in [0.15, 0.2) is 0 Å². The highest BCUT2D eigenvalue weighted by atomic mass is 127. The third-order valence-corrected chi connectivity index (χ3v) is 3.14. The average Bonchev–Trinajstić information content (AvgIpc) is 2.16. The SMILES string of the molecule is O=C(O)Cc1c(C(F)F)ncc(I)c1CCl. The average molecular weight is 362 g/mol. The molecule has 0 saturated heterocycles. The molecule has 0 spiro atoms. The van der Waals surface area contributed by atoms with Crippen molar-refractivity contribution < 1.29 is 18.7 Å². The van der Waals surface area contributed by atoms with Crippen molar-refractivity contribution in [1.82, 2.24) is 4.98 Å². The number of carboxylic acids is 1. The lowest BCUT2D eigenvalue weighted by molar-refractivity contribution is -0.136. The van der Waals surface area contributed by atoms with Gasteiger partial charge in [0, 0.05) is 15.6 Å². The van der Waals surface area contributed by atoms with Gasteiger partial charge in [0.25, 0.3) is 6.43 Å². The summed E-state index contributed by atoms with van der Waals surface area (Å²) in [4.78, 5) is 14.2. The Bertz CT molecular complexity index is 415. The van der Waals surface area contributed by atoms with E-state index in [-0.39, 0.29) is 11.4 Å². The first-order valence-corrected chi connectivity index (χ1v) is 5.80. The van der Waals surface area contributed by atoms with Crippen LogP contribution in [0.25, 0.3) is 0 Å². The molecule has 3 nitrogen and oxygen atoms in total. The lowest BCUT2D eigenvalue weighted by Crippen LogP contribution is -2.10. The molecule has 0 aliphatic carbocycles. The molecule has 7 heteroatoms. The van der Waals surface area contributed by atoms with Gasteiger partial charge in [0.1, 0.15) is 5.69 Å². The van der Waals surface area contributed by atoms with Gasteiger partial charge in [0.2, 0.25) is 0 Å². The summed E-state index contributed by atoms with van der Waals surface area (Å²) in [6.45, 7) is 0. The molecule has 1 rings (SSSR count). The zero-order chi connectivity index (χ0) is 12.3. The van der Waals surface area contributed by atoms with Crippen LogP contribution in [-0.2, 0) is 17.1 Å². The molecule has 16 heavy (non-hydrogen) atoms. The maximum atomic E-state index is 12.6. The number of halogens is 4. The van der Waals surface area contributed by atoms with Crippen molar-refractivity contribution in [2.24, 2.45) is 0 Å². The largest absolute Gasteiger partial charge is 0.481 e. The Hall–Kier alpha value is -0.500. The van der Waals surface area contributed by atoms with Crippen LogP contribution < -0.4 is 0 Å². The van der Waals surface area contributed by atoms with E-state index >= 15 is 0 Å². The van der Waals surface area contributed by atoms with Crippen LogP contribution in [0.15, 0.2) is 6.20 Å². The Morgan fingerprint density at radius 1 is 1.56 bits per heavy atom. The van der Waals surface area contributed by atoms with Gasteiger partial charge >= 0.3 is 5.97 Å². The Kier molecular flexibility index (Phi) is 4.85. The molecule has 0 bridgehead atoms. The fraction of sp³-hybridized carbons (Fsp3) is 0.333. The fourth-order valence-electron chi connectivity index (χ4n) is 1.26. The van der Waals surface area contributed by atoms with E-state index in [0.717, 1.165) is 0 Å². The van der Waals surface area contributed by atoms with Crippen molar-refractivity contribution in [3.63, 3.8) is 0 Å². The molecule has 1 heterocycles. The van der Waals surface area contributed by atoms with Crippen LogP contribution >= 0.6 is 34.2 Å². The standard InChI is InChI=1S/C9H7ClF2INO2/c10-2-5-4(1-7(15)16)8(9(11)12)14-3-6(5)13/h3,9H,1-2H2,(H,15,16). The third-order valence-electron chi connectivity index (χ3n) is 1.95. The molecule has 0 atom stereocenters. The Labute approximate surface area is 109 Å². The van der Waals surface area contributed by atoms with Gasteiger partial charge in [-0.15, -0.1) is 11.6 Å². The number of aromatic nitrogens is 1. The molecule has 0 amide bonds. The minimum absolute atomic E-state index is 0.0108. The van der Waals surface area contributed by atoms with E-state index in [0.29, 0.717) is 9.13 Å². The molecule has 1 aromatic rings. The van der Waals surface area contributed by atoms with Crippen molar-refractivity contribution >= 4 is 40.2 Å². The lowest BCUT2D eigenvalue weighted by atomic mass is 10.0. The fourth-order valence-corrected chi connectivity index (χ4v) is 2.45. The number of carbonyl (C=O) groups is 1. The van der Waals surface area contributed by atoms with E-state index in [1.165, 1.54) is 6.20 Å². The van der Waals surface area contributed by atoms with Crippen LogP contribution in [0.4, 0.5) is 8.78 Å².